The van der Waals surface area contributed by atoms with E-state index in [0.717, 1.165) is 6.54 Å². The fraction of sp³-hybridized carbons (Fsp3) is 0.500. The summed E-state index contributed by atoms with van der Waals surface area (Å²) in [7, 11) is 0. The van der Waals surface area contributed by atoms with Gasteiger partial charge in [0.1, 0.15) is 0 Å². The van der Waals surface area contributed by atoms with Crippen molar-refractivity contribution in [3.63, 3.8) is 0 Å². The Balaban J connectivity index is 3.27. The van der Waals surface area contributed by atoms with E-state index in [1.54, 1.807) is 10.8 Å². The zero-order chi connectivity index (χ0) is 9.14. The van der Waals surface area contributed by atoms with Crippen molar-refractivity contribution in [2.75, 3.05) is 5.73 Å². The Morgan fingerprint density at radius 1 is 1.58 bits per heavy atom. The average molecular weight is 167 g/mol. The molecular formula is C8H13N3O. The smallest absolute Gasteiger partial charge is 0.277 e. The largest absolute Gasteiger partial charge is 0.369 e. The topological polar surface area (TPSA) is 60.9 Å². The standard InChI is InChI=1S/C8H13N3O/c1-3-6-5-11(4-2)8(9)10-7(6)12/h5H,3-4H2,1-2H3,(H2,9,10,12). The summed E-state index contributed by atoms with van der Waals surface area (Å²) in [5.74, 6) is 0.291. The maximum absolute atomic E-state index is 11.1. The van der Waals surface area contributed by atoms with Crippen molar-refractivity contribution in [1.82, 2.24) is 9.55 Å². The van der Waals surface area contributed by atoms with Crippen molar-refractivity contribution in [1.29, 1.82) is 0 Å². The van der Waals surface area contributed by atoms with E-state index >= 15 is 0 Å². The van der Waals surface area contributed by atoms with Crippen LogP contribution in [0.3, 0.4) is 0 Å². The first-order valence-corrected chi connectivity index (χ1v) is 4.04. The molecule has 0 radical (unpaired) electrons. The number of hydrogen-bond donors (Lipinski definition) is 1. The van der Waals surface area contributed by atoms with Gasteiger partial charge in [-0.3, -0.25) is 4.79 Å². The lowest BCUT2D eigenvalue weighted by molar-refractivity contribution is 0.733. The quantitative estimate of drug-likeness (QED) is 0.693. The van der Waals surface area contributed by atoms with Gasteiger partial charge in [0.25, 0.3) is 5.56 Å². The molecule has 0 aliphatic carbocycles. The van der Waals surface area contributed by atoms with Crippen molar-refractivity contribution in [3.8, 4) is 0 Å². The summed E-state index contributed by atoms with van der Waals surface area (Å²) in [6, 6.07) is 0. The Morgan fingerprint density at radius 2 is 2.25 bits per heavy atom. The van der Waals surface area contributed by atoms with E-state index in [-0.39, 0.29) is 5.56 Å². The van der Waals surface area contributed by atoms with Crippen LogP contribution in [-0.2, 0) is 13.0 Å². The van der Waals surface area contributed by atoms with Gasteiger partial charge in [-0.2, -0.15) is 4.98 Å². The van der Waals surface area contributed by atoms with Gasteiger partial charge < -0.3 is 10.3 Å². The Kier molecular flexibility index (Phi) is 2.47. The molecule has 0 spiro atoms. The van der Waals surface area contributed by atoms with Crippen molar-refractivity contribution in [2.45, 2.75) is 26.8 Å². The van der Waals surface area contributed by atoms with E-state index in [1.165, 1.54) is 0 Å². The molecule has 0 saturated carbocycles. The highest BCUT2D eigenvalue weighted by molar-refractivity contribution is 5.20. The summed E-state index contributed by atoms with van der Waals surface area (Å²) in [5.41, 5.74) is 6.01. The monoisotopic (exact) mass is 167 g/mol. The molecule has 0 aliphatic heterocycles. The molecule has 0 aromatic carbocycles. The van der Waals surface area contributed by atoms with Gasteiger partial charge in [-0.05, 0) is 13.3 Å². The molecule has 12 heavy (non-hydrogen) atoms. The van der Waals surface area contributed by atoms with Crippen LogP contribution < -0.4 is 11.3 Å². The van der Waals surface area contributed by atoms with Crippen molar-refractivity contribution >= 4 is 5.95 Å². The predicted molar refractivity (Wildman–Crippen MR) is 48.0 cm³/mol. The van der Waals surface area contributed by atoms with Crippen LogP contribution >= 0.6 is 0 Å². The summed E-state index contributed by atoms with van der Waals surface area (Å²) < 4.78 is 1.76. The molecule has 0 fully saturated rings. The summed E-state index contributed by atoms with van der Waals surface area (Å²) in [4.78, 5) is 14.8. The third-order valence-corrected chi connectivity index (χ3v) is 1.82. The lowest BCUT2D eigenvalue weighted by Crippen LogP contribution is -2.19. The lowest BCUT2D eigenvalue weighted by atomic mass is 10.2. The molecule has 0 saturated heterocycles. The molecule has 1 aromatic heterocycles. The summed E-state index contributed by atoms with van der Waals surface area (Å²) in [6.07, 6.45) is 2.47. The van der Waals surface area contributed by atoms with Gasteiger partial charge in [-0.1, -0.05) is 6.92 Å². The normalized spacial score (nSPS) is 10.2. The van der Waals surface area contributed by atoms with Gasteiger partial charge in [-0.25, -0.2) is 0 Å². The molecule has 66 valence electrons. The van der Waals surface area contributed by atoms with Crippen LogP contribution in [0.1, 0.15) is 19.4 Å². The molecule has 4 heteroatoms. The highest BCUT2D eigenvalue weighted by atomic mass is 16.1. The van der Waals surface area contributed by atoms with Crippen molar-refractivity contribution in [2.24, 2.45) is 0 Å². The molecule has 0 aliphatic rings. The number of aromatic nitrogens is 2. The van der Waals surface area contributed by atoms with E-state index in [1.807, 2.05) is 13.8 Å². The van der Waals surface area contributed by atoms with E-state index in [9.17, 15) is 4.79 Å². The number of nitrogen functional groups attached to an aromatic ring is 1. The summed E-state index contributed by atoms with van der Waals surface area (Å²) >= 11 is 0. The third-order valence-electron chi connectivity index (χ3n) is 1.82. The first kappa shape index (κ1) is 8.77. The predicted octanol–water partition coefficient (Wildman–Crippen LogP) is 0.408. The molecule has 0 bridgehead atoms. The number of nitrogens with two attached hydrogens (primary N) is 1. The van der Waals surface area contributed by atoms with Crippen LogP contribution in [0.15, 0.2) is 11.0 Å². The highest BCUT2D eigenvalue weighted by Crippen LogP contribution is 1.98. The second-order valence-electron chi connectivity index (χ2n) is 2.57. The van der Waals surface area contributed by atoms with E-state index in [2.05, 4.69) is 4.98 Å². The van der Waals surface area contributed by atoms with Crippen LogP contribution in [0.4, 0.5) is 5.95 Å². The second-order valence-corrected chi connectivity index (χ2v) is 2.57. The minimum atomic E-state index is -0.209. The van der Waals surface area contributed by atoms with Crippen LogP contribution in [-0.4, -0.2) is 9.55 Å². The zero-order valence-corrected chi connectivity index (χ0v) is 7.37. The van der Waals surface area contributed by atoms with Gasteiger partial charge in [0, 0.05) is 18.3 Å². The molecule has 0 amide bonds. The average Bonchev–Trinajstić information content (AvgIpc) is 2.05. The molecule has 2 N–H and O–H groups in total. The Hall–Kier alpha value is -1.32. The van der Waals surface area contributed by atoms with Gasteiger partial charge in [0.05, 0.1) is 0 Å². The molecule has 1 heterocycles. The van der Waals surface area contributed by atoms with Gasteiger partial charge in [0.2, 0.25) is 5.95 Å². The maximum atomic E-state index is 11.1. The minimum Gasteiger partial charge on any atom is -0.369 e. The number of hydrogen-bond acceptors (Lipinski definition) is 3. The van der Waals surface area contributed by atoms with Crippen LogP contribution in [0.2, 0.25) is 0 Å². The van der Waals surface area contributed by atoms with Crippen LogP contribution in [0, 0.1) is 0 Å². The summed E-state index contributed by atoms with van der Waals surface area (Å²) in [5, 5.41) is 0. The van der Waals surface area contributed by atoms with Crippen molar-refractivity contribution < 1.29 is 0 Å². The Labute approximate surface area is 71.0 Å². The van der Waals surface area contributed by atoms with Gasteiger partial charge in [-0.15, -0.1) is 0 Å². The first-order chi connectivity index (χ1) is 5.69. The van der Waals surface area contributed by atoms with Gasteiger partial charge in [0.15, 0.2) is 0 Å². The van der Waals surface area contributed by atoms with Crippen LogP contribution in [0.5, 0.6) is 0 Å². The maximum Gasteiger partial charge on any atom is 0.277 e. The number of anilines is 1. The zero-order valence-electron chi connectivity index (χ0n) is 7.37. The van der Waals surface area contributed by atoms with E-state index in [4.69, 9.17) is 5.73 Å². The molecule has 4 nitrogen and oxygen atoms in total. The Bertz CT molecular complexity index is 330. The molecular weight excluding hydrogens is 154 g/mol. The van der Waals surface area contributed by atoms with Gasteiger partial charge >= 0.3 is 0 Å². The van der Waals surface area contributed by atoms with E-state index < -0.39 is 0 Å². The second kappa shape index (κ2) is 3.38. The summed E-state index contributed by atoms with van der Waals surface area (Å²) in [6.45, 7) is 4.63. The van der Waals surface area contributed by atoms with Crippen LogP contribution in [0.25, 0.3) is 0 Å². The third kappa shape index (κ3) is 1.47. The SMILES string of the molecule is CCc1cn(CC)c(N)nc1=O. The fourth-order valence-corrected chi connectivity index (χ4v) is 1.05. The molecule has 1 aromatic rings. The number of rotatable bonds is 2. The number of nitrogens with zero attached hydrogens (tertiary/aromatic N) is 2. The highest BCUT2D eigenvalue weighted by Gasteiger charge is 2.01. The number of aryl methyl sites for hydroxylation is 2. The Morgan fingerprint density at radius 3 is 2.75 bits per heavy atom. The lowest BCUT2D eigenvalue weighted by Gasteiger charge is -2.06. The minimum absolute atomic E-state index is 0.209. The molecule has 0 unspecified atom stereocenters. The van der Waals surface area contributed by atoms with E-state index in [0.29, 0.717) is 17.9 Å². The first-order valence-electron chi connectivity index (χ1n) is 4.04. The molecule has 1 rings (SSSR count). The fourth-order valence-electron chi connectivity index (χ4n) is 1.05. The molecule has 0 atom stereocenters. The van der Waals surface area contributed by atoms with Crippen molar-refractivity contribution in [3.05, 3.63) is 22.1 Å².